The molecule has 0 bridgehead atoms. The summed E-state index contributed by atoms with van der Waals surface area (Å²) in [5.74, 6) is -0.831. The van der Waals surface area contributed by atoms with Gasteiger partial charge in [-0.15, -0.1) is 0 Å². The first-order valence-corrected chi connectivity index (χ1v) is 6.91. The Morgan fingerprint density at radius 3 is 2.91 bits per heavy atom. The van der Waals surface area contributed by atoms with Crippen LogP contribution in [0.25, 0.3) is 16.9 Å². The summed E-state index contributed by atoms with van der Waals surface area (Å²) in [7, 11) is 5.85. The topological polar surface area (TPSA) is 79.5 Å². The highest BCUT2D eigenvalue weighted by Gasteiger charge is 2.13. The fraction of sp³-hybridized carbons (Fsp3) is 0.133. The van der Waals surface area contributed by atoms with Gasteiger partial charge in [0.1, 0.15) is 19.5 Å². The normalized spacial score (nSPS) is 10.8. The summed E-state index contributed by atoms with van der Waals surface area (Å²) in [5.41, 5.74) is 1.45. The number of hydrogen-bond acceptors (Lipinski definition) is 4. The Hall–Kier alpha value is -2.90. The van der Waals surface area contributed by atoms with Crippen LogP contribution in [0.15, 0.2) is 36.5 Å². The molecule has 0 atom stereocenters. The summed E-state index contributed by atoms with van der Waals surface area (Å²) in [6.45, 7) is 0.199. The SMILES string of the molecule is [B]c1cnn2c(NCCC(=O)O)cc(-c3ccccc3F)nc12. The summed E-state index contributed by atoms with van der Waals surface area (Å²) in [6, 6.07) is 7.87. The lowest BCUT2D eigenvalue weighted by atomic mass is 10.0. The zero-order chi connectivity index (χ0) is 16.4. The first-order chi connectivity index (χ1) is 11.1. The molecule has 2 heterocycles. The molecule has 3 rings (SSSR count). The van der Waals surface area contributed by atoms with Gasteiger partial charge in [-0.2, -0.15) is 9.61 Å². The minimum atomic E-state index is -0.919. The van der Waals surface area contributed by atoms with E-state index in [2.05, 4.69) is 15.4 Å². The minimum absolute atomic E-state index is 0.0599. The van der Waals surface area contributed by atoms with Crippen LogP contribution < -0.4 is 10.8 Å². The average molecular weight is 310 g/mol. The second-order valence-electron chi connectivity index (χ2n) is 4.91. The summed E-state index contributed by atoms with van der Waals surface area (Å²) in [5, 5.41) is 15.8. The Labute approximate surface area is 132 Å². The van der Waals surface area contributed by atoms with Crippen LogP contribution in [0.1, 0.15) is 6.42 Å². The van der Waals surface area contributed by atoms with E-state index in [-0.39, 0.29) is 13.0 Å². The van der Waals surface area contributed by atoms with Crippen molar-refractivity contribution >= 4 is 30.7 Å². The highest BCUT2D eigenvalue weighted by molar-refractivity contribution is 6.36. The molecule has 6 nitrogen and oxygen atoms in total. The van der Waals surface area contributed by atoms with Gasteiger partial charge in [0.15, 0.2) is 5.65 Å². The molecule has 0 aliphatic carbocycles. The number of nitrogens with zero attached hydrogens (tertiary/aromatic N) is 3. The van der Waals surface area contributed by atoms with Gasteiger partial charge in [0, 0.05) is 24.4 Å². The van der Waals surface area contributed by atoms with Crippen molar-refractivity contribution in [3.63, 3.8) is 0 Å². The molecular weight excluding hydrogens is 298 g/mol. The molecule has 0 fully saturated rings. The number of fused-ring (bicyclic) bond motifs is 1. The minimum Gasteiger partial charge on any atom is -0.481 e. The molecule has 0 saturated heterocycles. The zero-order valence-corrected chi connectivity index (χ0v) is 12.0. The Balaban J connectivity index is 2.07. The van der Waals surface area contributed by atoms with Crippen LogP contribution in [0, 0.1) is 5.82 Å². The maximum atomic E-state index is 14.0. The number of halogens is 1. The molecule has 2 radical (unpaired) electrons. The van der Waals surface area contributed by atoms with Gasteiger partial charge in [-0.05, 0) is 17.6 Å². The van der Waals surface area contributed by atoms with E-state index in [1.807, 2.05) is 0 Å². The molecule has 114 valence electrons. The van der Waals surface area contributed by atoms with Crippen LogP contribution >= 0.6 is 0 Å². The standard InChI is InChI=1S/C15H12BFN4O2/c16-10-8-19-21-13(18-6-5-14(22)23)7-12(20-15(10)21)9-3-1-2-4-11(9)17/h1-4,7-8,18H,5-6H2,(H,22,23). The van der Waals surface area contributed by atoms with Crippen molar-refractivity contribution in [1.29, 1.82) is 0 Å². The smallest absolute Gasteiger partial charge is 0.305 e. The number of carbonyl (C=O) groups is 1. The van der Waals surface area contributed by atoms with Crippen LogP contribution in [-0.2, 0) is 4.79 Å². The molecule has 8 heteroatoms. The van der Waals surface area contributed by atoms with Gasteiger partial charge < -0.3 is 10.4 Å². The second kappa shape index (κ2) is 6.08. The fourth-order valence-corrected chi connectivity index (χ4v) is 2.21. The second-order valence-corrected chi connectivity index (χ2v) is 4.91. The van der Waals surface area contributed by atoms with E-state index in [4.69, 9.17) is 13.0 Å². The number of hydrogen-bond donors (Lipinski definition) is 2. The van der Waals surface area contributed by atoms with Crippen molar-refractivity contribution in [2.24, 2.45) is 0 Å². The Morgan fingerprint density at radius 1 is 1.39 bits per heavy atom. The Kier molecular flexibility index (Phi) is 3.97. The zero-order valence-electron chi connectivity index (χ0n) is 12.0. The molecule has 0 spiro atoms. The van der Waals surface area contributed by atoms with E-state index in [0.29, 0.717) is 28.2 Å². The van der Waals surface area contributed by atoms with E-state index < -0.39 is 11.8 Å². The highest BCUT2D eigenvalue weighted by atomic mass is 19.1. The summed E-state index contributed by atoms with van der Waals surface area (Å²) < 4.78 is 15.5. The van der Waals surface area contributed by atoms with Crippen molar-refractivity contribution < 1.29 is 14.3 Å². The van der Waals surface area contributed by atoms with E-state index >= 15 is 0 Å². The molecule has 2 N–H and O–H groups in total. The lowest BCUT2D eigenvalue weighted by molar-refractivity contribution is -0.136. The van der Waals surface area contributed by atoms with Crippen LogP contribution in [0.4, 0.5) is 10.2 Å². The predicted octanol–water partition coefficient (Wildman–Crippen LogP) is 1.22. The van der Waals surface area contributed by atoms with Gasteiger partial charge >= 0.3 is 5.97 Å². The third kappa shape index (κ3) is 3.01. The summed E-state index contributed by atoms with van der Waals surface area (Å²) >= 11 is 0. The van der Waals surface area contributed by atoms with Crippen molar-refractivity contribution in [1.82, 2.24) is 14.6 Å². The quantitative estimate of drug-likeness (QED) is 0.693. The van der Waals surface area contributed by atoms with Gasteiger partial charge in [-0.25, -0.2) is 9.37 Å². The molecule has 3 aromatic rings. The van der Waals surface area contributed by atoms with Crippen molar-refractivity contribution in [3.8, 4) is 11.3 Å². The summed E-state index contributed by atoms with van der Waals surface area (Å²) in [6.07, 6.45) is 1.38. The number of anilines is 1. The summed E-state index contributed by atoms with van der Waals surface area (Å²) in [4.78, 5) is 15.0. The lowest BCUT2D eigenvalue weighted by Gasteiger charge is -2.10. The lowest BCUT2D eigenvalue weighted by Crippen LogP contribution is -2.12. The first kappa shape index (κ1) is 15.0. The van der Waals surface area contributed by atoms with E-state index in [1.54, 1.807) is 24.3 Å². The maximum absolute atomic E-state index is 14.0. The Morgan fingerprint density at radius 2 is 2.17 bits per heavy atom. The molecule has 0 saturated carbocycles. The molecule has 0 aliphatic heterocycles. The van der Waals surface area contributed by atoms with Crippen molar-refractivity contribution in [3.05, 3.63) is 42.3 Å². The molecule has 0 aliphatic rings. The molecule has 23 heavy (non-hydrogen) atoms. The molecule has 0 amide bonds. The van der Waals surface area contributed by atoms with E-state index in [9.17, 15) is 9.18 Å². The Bertz CT molecular complexity index is 881. The van der Waals surface area contributed by atoms with Gasteiger partial charge in [0.25, 0.3) is 0 Å². The third-order valence-corrected chi connectivity index (χ3v) is 3.29. The number of benzene rings is 1. The molecule has 1 aromatic carbocycles. The van der Waals surface area contributed by atoms with Crippen LogP contribution in [0.2, 0.25) is 0 Å². The fourth-order valence-electron chi connectivity index (χ4n) is 2.21. The van der Waals surface area contributed by atoms with Gasteiger partial charge in [-0.3, -0.25) is 4.79 Å². The van der Waals surface area contributed by atoms with Crippen molar-refractivity contribution in [2.75, 3.05) is 11.9 Å². The van der Waals surface area contributed by atoms with Gasteiger partial charge in [-0.1, -0.05) is 12.1 Å². The van der Waals surface area contributed by atoms with Gasteiger partial charge in [0.05, 0.1) is 12.1 Å². The number of carboxylic acid groups (broad SMARTS) is 1. The first-order valence-electron chi connectivity index (χ1n) is 6.91. The van der Waals surface area contributed by atoms with E-state index in [1.165, 1.54) is 16.8 Å². The number of aliphatic carboxylic acids is 1. The van der Waals surface area contributed by atoms with Crippen molar-refractivity contribution in [2.45, 2.75) is 6.42 Å². The number of aromatic nitrogens is 3. The predicted molar refractivity (Wildman–Crippen MR) is 84.5 cm³/mol. The largest absolute Gasteiger partial charge is 0.481 e. The monoisotopic (exact) mass is 310 g/mol. The molecule has 0 unspecified atom stereocenters. The average Bonchev–Trinajstić information content (AvgIpc) is 2.89. The van der Waals surface area contributed by atoms with E-state index in [0.717, 1.165) is 0 Å². The highest BCUT2D eigenvalue weighted by Crippen LogP contribution is 2.24. The molecular formula is C15H12BFN4O2. The van der Waals surface area contributed by atoms with Crippen LogP contribution in [-0.4, -0.2) is 40.1 Å². The van der Waals surface area contributed by atoms with Crippen LogP contribution in [0.3, 0.4) is 0 Å². The number of rotatable bonds is 5. The number of nitrogens with one attached hydrogen (secondary N) is 1. The third-order valence-electron chi connectivity index (χ3n) is 3.29. The molecule has 2 aromatic heterocycles. The maximum Gasteiger partial charge on any atom is 0.305 e. The number of carboxylic acids is 1. The van der Waals surface area contributed by atoms with Gasteiger partial charge in [0.2, 0.25) is 0 Å². The van der Waals surface area contributed by atoms with Crippen LogP contribution in [0.5, 0.6) is 0 Å².